The average molecular weight is 226 g/mol. The van der Waals surface area contributed by atoms with E-state index in [2.05, 4.69) is 36.0 Å². The van der Waals surface area contributed by atoms with Gasteiger partial charge in [0.05, 0.1) is 4.47 Å². The van der Waals surface area contributed by atoms with Crippen LogP contribution < -0.4 is 0 Å². The maximum absolute atomic E-state index is 4.02. The van der Waals surface area contributed by atoms with Crippen molar-refractivity contribution in [1.82, 2.24) is 24.7 Å². The Morgan fingerprint density at radius 3 is 2.58 bits per heavy atom. The minimum atomic E-state index is 0.510. The highest BCUT2D eigenvalue weighted by Gasteiger charge is 1.97. The van der Waals surface area contributed by atoms with Gasteiger partial charge in [-0.1, -0.05) is 0 Å². The van der Waals surface area contributed by atoms with Crippen molar-refractivity contribution in [2.45, 2.75) is 0 Å². The second-order valence-corrected chi connectivity index (χ2v) is 2.96. The molecule has 0 radical (unpaired) electrons. The van der Waals surface area contributed by atoms with E-state index in [0.717, 1.165) is 4.47 Å². The van der Waals surface area contributed by atoms with Crippen molar-refractivity contribution in [2.75, 3.05) is 0 Å². The summed E-state index contributed by atoms with van der Waals surface area (Å²) >= 11 is 3.24. The summed E-state index contributed by atoms with van der Waals surface area (Å²) in [7, 11) is 0. The topological polar surface area (TPSA) is 56.5 Å². The van der Waals surface area contributed by atoms with Gasteiger partial charge in [-0.3, -0.25) is 0 Å². The fourth-order valence-electron chi connectivity index (χ4n) is 0.735. The number of nitrogens with zero attached hydrogens (tertiary/aromatic N) is 5. The predicted octanol–water partition coefficient (Wildman–Crippen LogP) is 0.820. The van der Waals surface area contributed by atoms with Gasteiger partial charge in [-0.25, -0.2) is 15.0 Å². The van der Waals surface area contributed by atoms with Crippen LogP contribution in [0.4, 0.5) is 0 Å². The Labute approximate surface area is 76.6 Å². The Balaban J connectivity index is 2.43. The molecule has 12 heavy (non-hydrogen) atoms. The summed E-state index contributed by atoms with van der Waals surface area (Å²) in [4.78, 5) is 11.8. The third kappa shape index (κ3) is 1.33. The van der Waals surface area contributed by atoms with Crippen LogP contribution in [0.15, 0.2) is 29.5 Å². The van der Waals surface area contributed by atoms with E-state index in [0.29, 0.717) is 5.95 Å². The van der Waals surface area contributed by atoms with Crippen LogP contribution in [0, 0.1) is 0 Å². The van der Waals surface area contributed by atoms with E-state index in [1.54, 1.807) is 18.7 Å². The zero-order valence-electron chi connectivity index (χ0n) is 5.92. The number of rotatable bonds is 1. The molecule has 0 bridgehead atoms. The normalized spacial score (nSPS) is 10.1. The summed E-state index contributed by atoms with van der Waals surface area (Å²) in [5, 5.41) is 3.88. The highest BCUT2D eigenvalue weighted by molar-refractivity contribution is 9.10. The van der Waals surface area contributed by atoms with Crippen molar-refractivity contribution < 1.29 is 0 Å². The van der Waals surface area contributed by atoms with Gasteiger partial charge in [0.15, 0.2) is 0 Å². The van der Waals surface area contributed by atoms with Gasteiger partial charge in [0, 0.05) is 12.4 Å². The fraction of sp³-hybridized carbons (Fsp3) is 0. The van der Waals surface area contributed by atoms with Gasteiger partial charge < -0.3 is 0 Å². The van der Waals surface area contributed by atoms with Crippen LogP contribution in [0.3, 0.4) is 0 Å². The molecule has 0 saturated heterocycles. The molecule has 0 N–H and O–H groups in total. The van der Waals surface area contributed by atoms with Gasteiger partial charge in [0.25, 0.3) is 5.95 Å². The lowest BCUT2D eigenvalue weighted by Gasteiger charge is -1.95. The number of hydrogen-bond acceptors (Lipinski definition) is 4. The molecule has 0 fully saturated rings. The van der Waals surface area contributed by atoms with Crippen LogP contribution in [0.25, 0.3) is 5.95 Å². The van der Waals surface area contributed by atoms with Crippen LogP contribution >= 0.6 is 15.9 Å². The molecule has 0 aliphatic rings. The van der Waals surface area contributed by atoms with E-state index in [-0.39, 0.29) is 0 Å². The van der Waals surface area contributed by atoms with Crippen molar-refractivity contribution in [1.29, 1.82) is 0 Å². The molecular weight excluding hydrogens is 222 g/mol. The first-order valence-electron chi connectivity index (χ1n) is 3.19. The van der Waals surface area contributed by atoms with Crippen LogP contribution in [-0.4, -0.2) is 24.7 Å². The van der Waals surface area contributed by atoms with E-state index in [1.165, 1.54) is 11.0 Å². The van der Waals surface area contributed by atoms with Crippen molar-refractivity contribution in [3.8, 4) is 5.95 Å². The highest BCUT2D eigenvalue weighted by Crippen LogP contribution is 2.05. The third-order valence-electron chi connectivity index (χ3n) is 1.23. The molecule has 5 nitrogen and oxygen atoms in total. The van der Waals surface area contributed by atoms with Crippen molar-refractivity contribution in [3.63, 3.8) is 0 Å². The molecule has 0 aromatic carbocycles. The SMILES string of the molecule is Brc1cnc(-n2cncn2)nc1. The van der Waals surface area contributed by atoms with E-state index < -0.39 is 0 Å². The molecule has 2 aromatic rings. The quantitative estimate of drug-likeness (QED) is 0.722. The van der Waals surface area contributed by atoms with E-state index in [4.69, 9.17) is 0 Å². The Morgan fingerprint density at radius 2 is 2.00 bits per heavy atom. The van der Waals surface area contributed by atoms with Crippen LogP contribution in [0.5, 0.6) is 0 Å². The van der Waals surface area contributed by atoms with Gasteiger partial charge >= 0.3 is 0 Å². The standard InChI is InChI=1S/C6H4BrN5/c7-5-1-9-6(10-2-5)12-4-8-3-11-12/h1-4H. The minimum absolute atomic E-state index is 0.510. The van der Waals surface area contributed by atoms with Gasteiger partial charge in [-0.05, 0) is 15.9 Å². The predicted molar refractivity (Wildman–Crippen MR) is 44.6 cm³/mol. The monoisotopic (exact) mass is 225 g/mol. The Hall–Kier alpha value is -1.30. The highest BCUT2D eigenvalue weighted by atomic mass is 79.9. The molecule has 0 aliphatic heterocycles. The van der Waals surface area contributed by atoms with E-state index in [9.17, 15) is 0 Å². The van der Waals surface area contributed by atoms with E-state index in [1.807, 2.05) is 0 Å². The Kier molecular flexibility index (Phi) is 1.83. The molecule has 2 rings (SSSR count). The zero-order valence-corrected chi connectivity index (χ0v) is 7.51. The lowest BCUT2D eigenvalue weighted by atomic mass is 10.7. The van der Waals surface area contributed by atoms with Gasteiger partial charge in [0.2, 0.25) is 0 Å². The molecule has 6 heteroatoms. The summed E-state index contributed by atoms with van der Waals surface area (Å²) in [5.74, 6) is 0.510. The molecule has 0 aliphatic carbocycles. The maximum Gasteiger partial charge on any atom is 0.252 e. The molecule has 2 heterocycles. The maximum atomic E-state index is 4.02. The van der Waals surface area contributed by atoms with E-state index >= 15 is 0 Å². The summed E-state index contributed by atoms with van der Waals surface area (Å²) in [6.45, 7) is 0. The van der Waals surface area contributed by atoms with Crippen molar-refractivity contribution in [2.24, 2.45) is 0 Å². The van der Waals surface area contributed by atoms with Crippen LogP contribution in [0.2, 0.25) is 0 Å². The first-order valence-corrected chi connectivity index (χ1v) is 3.98. The van der Waals surface area contributed by atoms with Crippen molar-refractivity contribution in [3.05, 3.63) is 29.5 Å². The fourth-order valence-corrected chi connectivity index (χ4v) is 0.940. The zero-order chi connectivity index (χ0) is 8.39. The molecule has 0 unspecified atom stereocenters. The van der Waals surface area contributed by atoms with Gasteiger partial charge in [0.1, 0.15) is 12.7 Å². The number of aromatic nitrogens is 5. The van der Waals surface area contributed by atoms with Gasteiger partial charge in [-0.15, -0.1) is 0 Å². The first-order chi connectivity index (χ1) is 5.86. The summed E-state index contributed by atoms with van der Waals surface area (Å²) in [5.41, 5.74) is 0. The molecule has 2 aromatic heterocycles. The summed E-state index contributed by atoms with van der Waals surface area (Å²) in [6.07, 6.45) is 6.29. The Bertz CT molecular complexity index is 354. The van der Waals surface area contributed by atoms with Crippen LogP contribution in [0.1, 0.15) is 0 Å². The molecule has 0 atom stereocenters. The van der Waals surface area contributed by atoms with Crippen molar-refractivity contribution >= 4 is 15.9 Å². The summed E-state index contributed by atoms with van der Waals surface area (Å²) < 4.78 is 2.33. The molecular formula is C6H4BrN5. The molecule has 0 saturated carbocycles. The first kappa shape index (κ1) is 7.35. The second kappa shape index (κ2) is 2.98. The largest absolute Gasteiger partial charge is 0.252 e. The lowest BCUT2D eigenvalue weighted by Crippen LogP contribution is -2.00. The second-order valence-electron chi connectivity index (χ2n) is 2.04. The number of halogens is 1. The van der Waals surface area contributed by atoms with Gasteiger partial charge in [-0.2, -0.15) is 9.78 Å². The summed E-state index contributed by atoms with van der Waals surface area (Å²) in [6, 6.07) is 0. The van der Waals surface area contributed by atoms with Crippen LogP contribution in [-0.2, 0) is 0 Å². The number of hydrogen-bond donors (Lipinski definition) is 0. The molecule has 60 valence electrons. The molecule has 0 amide bonds. The average Bonchev–Trinajstić information content (AvgIpc) is 2.58. The smallest absolute Gasteiger partial charge is 0.223 e. The minimum Gasteiger partial charge on any atom is -0.223 e. The lowest BCUT2D eigenvalue weighted by molar-refractivity contribution is 0.805. The third-order valence-corrected chi connectivity index (χ3v) is 1.64. The molecule has 0 spiro atoms. The Morgan fingerprint density at radius 1 is 1.25 bits per heavy atom.